The van der Waals surface area contributed by atoms with E-state index in [1.807, 2.05) is 12.1 Å². The van der Waals surface area contributed by atoms with Crippen molar-refractivity contribution in [3.63, 3.8) is 0 Å². The Bertz CT molecular complexity index is 1820. The summed E-state index contributed by atoms with van der Waals surface area (Å²) in [6.07, 6.45) is 0.849. The van der Waals surface area contributed by atoms with Crippen molar-refractivity contribution in [2.45, 2.75) is 13.3 Å². The summed E-state index contributed by atoms with van der Waals surface area (Å²) in [4.78, 5) is 0. The molecule has 0 heterocycles. The molecule has 1 aliphatic rings. The molecule has 3 nitrogen and oxygen atoms in total. The maximum absolute atomic E-state index is 5.52. The predicted octanol–water partition coefficient (Wildman–Crippen LogP) is 9.67. The maximum atomic E-state index is 5.52. The Morgan fingerprint density at radius 1 is 0.714 bits per heavy atom. The van der Waals surface area contributed by atoms with Crippen molar-refractivity contribution in [2.75, 3.05) is 21.3 Å². The minimum absolute atomic E-state index is 0. The van der Waals surface area contributed by atoms with Crippen molar-refractivity contribution in [3.8, 4) is 39.5 Å². The largest absolute Gasteiger partial charge is 4.00 e. The molecule has 0 bridgehead atoms. The van der Waals surface area contributed by atoms with Gasteiger partial charge in [-0.3, -0.25) is 0 Å². The molecule has 6 aromatic rings. The quantitative estimate of drug-likeness (QED) is 0.181. The zero-order chi connectivity index (χ0) is 26.9. The normalized spacial score (nSPS) is 10.7. The molecule has 0 aromatic heterocycles. The van der Waals surface area contributed by atoms with Gasteiger partial charge in [0.15, 0.2) is 0 Å². The van der Waals surface area contributed by atoms with Gasteiger partial charge in [0.05, 0.1) is 27.1 Å². The summed E-state index contributed by atoms with van der Waals surface area (Å²) < 4.78 is 16.1. The number of aryl methyl sites for hydroxylation is 1. The Balaban J connectivity index is 0.000000215. The van der Waals surface area contributed by atoms with Gasteiger partial charge in [-0.25, -0.2) is 0 Å². The third-order valence-corrected chi connectivity index (χ3v) is 7.61. The second kappa shape index (κ2) is 13.9. The number of methoxy groups -OCH3 is 3. The fraction of sp³-hybridized carbons (Fsp3) is 0.132. The van der Waals surface area contributed by atoms with Crippen molar-refractivity contribution in [1.29, 1.82) is 0 Å². The Morgan fingerprint density at radius 2 is 1.45 bits per heavy atom. The molecule has 42 heavy (non-hydrogen) atoms. The van der Waals surface area contributed by atoms with Crippen LogP contribution < -0.4 is 14.2 Å². The molecule has 1 aliphatic carbocycles. The van der Waals surface area contributed by atoms with E-state index in [0.717, 1.165) is 29.0 Å². The van der Waals surface area contributed by atoms with Crippen LogP contribution in [0.3, 0.4) is 0 Å². The van der Waals surface area contributed by atoms with Gasteiger partial charge < -0.3 is 29.1 Å². The monoisotopic (exact) mass is 630 g/mol. The standard InChI is InChI=1S/C20H15.C16H15O3.2CH3.Zr/c1-14-6-4-10-18-16(14)9-5-11-19(18)20-13-12-15-7-2-3-8-17(15)20;1-17-12-5-6-13-11(9-12)8-10-4-7-14(18-2)16(19-3)15(10)13;;;/h2-13H,1H3;5-7,9H,8H2,1-3H3;2*1H3;/q4*-1;+4. The van der Waals surface area contributed by atoms with Crippen LogP contribution in [0.1, 0.15) is 16.7 Å². The number of rotatable bonds is 4. The van der Waals surface area contributed by atoms with E-state index in [2.05, 4.69) is 97.9 Å². The number of ether oxygens (including phenoxy) is 3. The summed E-state index contributed by atoms with van der Waals surface area (Å²) in [6, 6.07) is 37.4. The fourth-order valence-corrected chi connectivity index (χ4v) is 5.69. The van der Waals surface area contributed by atoms with Gasteiger partial charge in [-0.05, 0) is 47.4 Å². The predicted molar refractivity (Wildman–Crippen MR) is 173 cm³/mol. The molecule has 0 amide bonds. The van der Waals surface area contributed by atoms with Crippen LogP contribution in [0, 0.1) is 27.8 Å². The van der Waals surface area contributed by atoms with E-state index in [9.17, 15) is 0 Å². The molecule has 0 atom stereocenters. The number of hydrogen-bond donors (Lipinski definition) is 0. The van der Waals surface area contributed by atoms with E-state index < -0.39 is 0 Å². The molecule has 0 spiro atoms. The smallest absolute Gasteiger partial charge is 0.551 e. The summed E-state index contributed by atoms with van der Waals surface area (Å²) in [7, 11) is 4.99. The van der Waals surface area contributed by atoms with E-state index in [-0.39, 0.29) is 41.1 Å². The van der Waals surface area contributed by atoms with Crippen molar-refractivity contribution in [1.82, 2.24) is 0 Å². The summed E-state index contributed by atoms with van der Waals surface area (Å²) in [5, 5.41) is 5.33. The molecule has 0 N–H and O–H groups in total. The van der Waals surface area contributed by atoms with E-state index in [1.54, 1.807) is 21.3 Å². The van der Waals surface area contributed by atoms with Crippen molar-refractivity contribution >= 4 is 21.5 Å². The van der Waals surface area contributed by atoms with Gasteiger partial charge in [0.1, 0.15) is 5.75 Å². The minimum Gasteiger partial charge on any atom is -0.551 e. The first-order valence-corrected chi connectivity index (χ1v) is 13.1. The van der Waals surface area contributed by atoms with Gasteiger partial charge in [0.2, 0.25) is 0 Å². The molecule has 0 unspecified atom stereocenters. The van der Waals surface area contributed by atoms with Gasteiger partial charge in [-0.15, -0.1) is 58.3 Å². The molecule has 0 aliphatic heterocycles. The average molecular weight is 632 g/mol. The summed E-state index contributed by atoms with van der Waals surface area (Å²) >= 11 is 0. The second-order valence-corrected chi connectivity index (χ2v) is 9.75. The van der Waals surface area contributed by atoms with Crippen LogP contribution >= 0.6 is 0 Å². The Kier molecular flexibility index (Phi) is 10.9. The van der Waals surface area contributed by atoms with Crippen LogP contribution in [-0.4, -0.2) is 21.3 Å². The molecule has 0 saturated carbocycles. The van der Waals surface area contributed by atoms with Crippen LogP contribution in [0.2, 0.25) is 0 Å². The topological polar surface area (TPSA) is 27.7 Å². The van der Waals surface area contributed by atoms with Crippen LogP contribution in [0.4, 0.5) is 0 Å². The van der Waals surface area contributed by atoms with Crippen molar-refractivity contribution in [2.24, 2.45) is 0 Å². The molecule has 6 aromatic carbocycles. The van der Waals surface area contributed by atoms with Crippen LogP contribution in [0.15, 0.2) is 97.1 Å². The van der Waals surface area contributed by atoms with Gasteiger partial charge in [-0.1, -0.05) is 65.2 Å². The van der Waals surface area contributed by atoms with Crippen LogP contribution in [-0.2, 0) is 32.6 Å². The van der Waals surface area contributed by atoms with E-state index in [4.69, 9.17) is 14.2 Å². The third-order valence-electron chi connectivity index (χ3n) is 7.61. The van der Waals surface area contributed by atoms with E-state index in [1.165, 1.54) is 49.4 Å². The SMILES string of the molecule is COc1ccc2c(c1)Cc1[c-]cc(OC)c(OC)c1-2.Cc1cccc2c(-c3c[cH-]c4ccccc34)cccc12.[CH3-].[CH3-].[Zr+4]. The van der Waals surface area contributed by atoms with Gasteiger partial charge in [0, 0.05) is 5.75 Å². The van der Waals surface area contributed by atoms with Gasteiger partial charge in [0.25, 0.3) is 0 Å². The fourth-order valence-electron chi connectivity index (χ4n) is 5.69. The zero-order valence-electron chi connectivity index (χ0n) is 25.2. The number of benzene rings is 5. The van der Waals surface area contributed by atoms with Crippen molar-refractivity contribution in [3.05, 3.63) is 135 Å². The zero-order valence-corrected chi connectivity index (χ0v) is 27.6. The minimum atomic E-state index is 0. The van der Waals surface area contributed by atoms with Crippen LogP contribution in [0.25, 0.3) is 43.8 Å². The van der Waals surface area contributed by atoms with E-state index >= 15 is 0 Å². The molecule has 0 fully saturated rings. The first-order valence-electron chi connectivity index (χ1n) is 13.1. The second-order valence-electron chi connectivity index (χ2n) is 9.75. The van der Waals surface area contributed by atoms with Gasteiger partial charge in [-0.2, -0.15) is 6.07 Å². The maximum Gasteiger partial charge on any atom is 4.00 e. The first kappa shape index (κ1) is 32.8. The van der Waals surface area contributed by atoms with Crippen LogP contribution in [0.5, 0.6) is 17.2 Å². The molecule has 0 saturated heterocycles. The number of fused-ring (bicyclic) bond motifs is 5. The molecule has 4 heteroatoms. The summed E-state index contributed by atoms with van der Waals surface area (Å²) in [6.45, 7) is 2.18. The Morgan fingerprint density at radius 3 is 2.21 bits per heavy atom. The van der Waals surface area contributed by atoms with E-state index in [0.29, 0.717) is 5.75 Å². The van der Waals surface area contributed by atoms with Gasteiger partial charge >= 0.3 is 26.2 Å². The van der Waals surface area contributed by atoms with Crippen molar-refractivity contribution < 1.29 is 40.4 Å². The molecular weight excluding hydrogens is 596 g/mol. The summed E-state index contributed by atoms with van der Waals surface area (Å²) in [5.41, 5.74) is 8.62. The third kappa shape index (κ3) is 5.78. The number of hydrogen-bond acceptors (Lipinski definition) is 3. The molecule has 7 rings (SSSR count). The summed E-state index contributed by atoms with van der Waals surface area (Å²) in [5.74, 6) is 2.36. The molecular formula is C38H36O3Zr. The molecule has 210 valence electrons. The first-order chi connectivity index (χ1) is 19.1. The average Bonchev–Trinajstić information content (AvgIpc) is 3.58. The Labute approximate surface area is 269 Å². The molecule has 0 radical (unpaired) electrons. The Hall–Kier alpha value is -3.75.